The third-order valence-electron chi connectivity index (χ3n) is 8.00. The largest absolute Gasteiger partial charge is 0.460 e. The molecular weight excluding hydrogens is 486 g/mol. The number of rotatable bonds is 3. The van der Waals surface area contributed by atoms with Gasteiger partial charge in [-0.05, 0) is 76.3 Å². The number of esters is 1. The van der Waals surface area contributed by atoms with Gasteiger partial charge in [-0.1, -0.05) is 43.0 Å². The fourth-order valence-electron chi connectivity index (χ4n) is 6.19. The summed E-state index contributed by atoms with van der Waals surface area (Å²) < 4.78 is 5.61. The van der Waals surface area contributed by atoms with Gasteiger partial charge >= 0.3 is 5.97 Å². The Kier molecular flexibility index (Phi) is 6.70. The highest BCUT2D eigenvalue weighted by Gasteiger charge is 2.52. The minimum atomic E-state index is -0.551. The van der Waals surface area contributed by atoms with Crippen LogP contribution in [0.3, 0.4) is 0 Å². The first-order chi connectivity index (χ1) is 17.6. The highest BCUT2D eigenvalue weighted by atomic mass is 35.5. The first-order valence-electron chi connectivity index (χ1n) is 13.3. The smallest absolute Gasteiger partial charge is 0.309 e. The minimum Gasteiger partial charge on any atom is -0.460 e. The zero-order valence-electron chi connectivity index (χ0n) is 21.8. The van der Waals surface area contributed by atoms with Crippen molar-refractivity contribution < 1.29 is 14.3 Å². The molecule has 3 aliphatic rings. The average Bonchev–Trinajstić information content (AvgIpc) is 3.10. The Balaban J connectivity index is 1.48. The number of hydrogen-bond acceptors (Lipinski definition) is 5. The molecule has 37 heavy (non-hydrogen) atoms. The van der Waals surface area contributed by atoms with E-state index in [1.807, 2.05) is 26.8 Å². The fourth-order valence-corrected chi connectivity index (χ4v) is 6.40. The Morgan fingerprint density at radius 2 is 1.78 bits per heavy atom. The lowest BCUT2D eigenvalue weighted by molar-refractivity contribution is -0.160. The van der Waals surface area contributed by atoms with Crippen LogP contribution in [-0.2, 0) is 19.7 Å². The van der Waals surface area contributed by atoms with Crippen LogP contribution < -0.4 is 9.80 Å². The summed E-state index contributed by atoms with van der Waals surface area (Å²) in [6.45, 7) is 7.17. The van der Waals surface area contributed by atoms with Crippen LogP contribution in [0.2, 0.25) is 5.02 Å². The van der Waals surface area contributed by atoms with Crippen molar-refractivity contribution in [1.29, 1.82) is 5.26 Å². The third kappa shape index (κ3) is 4.59. The van der Waals surface area contributed by atoms with Crippen LogP contribution in [0.15, 0.2) is 36.4 Å². The van der Waals surface area contributed by atoms with Crippen LogP contribution in [0, 0.1) is 17.2 Å². The number of anilines is 3. The second-order valence-electron chi connectivity index (χ2n) is 11.5. The van der Waals surface area contributed by atoms with Crippen molar-refractivity contribution in [1.82, 2.24) is 0 Å². The van der Waals surface area contributed by atoms with E-state index in [1.54, 1.807) is 17.0 Å². The minimum absolute atomic E-state index is 0.0433. The normalized spacial score (nSPS) is 19.6. The molecule has 0 atom stereocenters. The average molecular weight is 520 g/mol. The van der Waals surface area contributed by atoms with Crippen LogP contribution in [0.5, 0.6) is 0 Å². The van der Waals surface area contributed by atoms with E-state index >= 15 is 0 Å². The molecule has 0 unspecified atom stereocenters. The zero-order chi connectivity index (χ0) is 26.4. The van der Waals surface area contributed by atoms with Crippen molar-refractivity contribution in [3.8, 4) is 6.07 Å². The van der Waals surface area contributed by atoms with E-state index in [0.717, 1.165) is 75.0 Å². The van der Waals surface area contributed by atoms with Crippen molar-refractivity contribution in [2.24, 2.45) is 5.92 Å². The Bertz CT molecular complexity index is 1260. The van der Waals surface area contributed by atoms with E-state index in [-0.39, 0.29) is 17.8 Å². The van der Waals surface area contributed by atoms with Gasteiger partial charge in [-0.15, -0.1) is 0 Å². The highest BCUT2D eigenvalue weighted by molar-refractivity contribution is 6.32. The van der Waals surface area contributed by atoms with E-state index in [0.29, 0.717) is 16.3 Å². The maximum Gasteiger partial charge on any atom is 0.309 e. The first-order valence-corrected chi connectivity index (χ1v) is 13.7. The van der Waals surface area contributed by atoms with Gasteiger partial charge in [0, 0.05) is 18.8 Å². The molecule has 194 valence electrons. The number of nitriles is 1. The van der Waals surface area contributed by atoms with Gasteiger partial charge in [0.1, 0.15) is 11.7 Å². The summed E-state index contributed by atoms with van der Waals surface area (Å²) in [5, 5.41) is 10.2. The Morgan fingerprint density at radius 1 is 1.08 bits per heavy atom. The van der Waals surface area contributed by atoms with Crippen LogP contribution in [-0.4, -0.2) is 30.6 Å². The second kappa shape index (κ2) is 9.68. The molecule has 2 aromatic rings. The summed E-state index contributed by atoms with van der Waals surface area (Å²) in [5.74, 6) is -0.179. The number of piperidine rings is 1. The lowest BCUT2D eigenvalue weighted by Crippen LogP contribution is -2.40. The van der Waals surface area contributed by atoms with E-state index in [9.17, 15) is 14.9 Å². The molecule has 2 aliphatic heterocycles. The van der Waals surface area contributed by atoms with E-state index in [4.69, 9.17) is 16.3 Å². The lowest BCUT2D eigenvalue weighted by Gasteiger charge is -2.34. The van der Waals surface area contributed by atoms with Gasteiger partial charge in [-0.25, -0.2) is 0 Å². The molecule has 1 spiro atoms. The molecule has 1 saturated carbocycles. The van der Waals surface area contributed by atoms with Gasteiger partial charge in [0.25, 0.3) is 0 Å². The van der Waals surface area contributed by atoms with Gasteiger partial charge in [0.2, 0.25) is 5.91 Å². The van der Waals surface area contributed by atoms with Crippen LogP contribution in [0.25, 0.3) is 0 Å². The summed E-state index contributed by atoms with van der Waals surface area (Å²) in [6.07, 6.45) is 6.25. The molecular formula is C30H34ClN3O3. The first kappa shape index (κ1) is 25.6. The SMILES string of the molecule is CC(C)(C)OC(=O)C1CCN(c2ccc3c(c2)N(c2cccc(Cl)c2C#N)C(=O)C32CCCCC2)CC1. The number of nitrogens with zero attached hydrogens (tertiary/aromatic N) is 3. The van der Waals surface area contributed by atoms with Crippen molar-refractivity contribution in [3.05, 3.63) is 52.5 Å². The van der Waals surface area contributed by atoms with Crippen LogP contribution in [0.4, 0.5) is 17.1 Å². The number of fused-ring (bicyclic) bond motifs is 2. The maximum atomic E-state index is 14.1. The van der Waals surface area contributed by atoms with Gasteiger partial charge in [-0.3, -0.25) is 14.5 Å². The van der Waals surface area contributed by atoms with Crippen LogP contribution in [0.1, 0.15) is 76.8 Å². The second-order valence-corrected chi connectivity index (χ2v) is 11.9. The molecule has 1 aliphatic carbocycles. The predicted octanol–water partition coefficient (Wildman–Crippen LogP) is 6.65. The molecule has 2 fully saturated rings. The molecule has 0 bridgehead atoms. The molecule has 7 heteroatoms. The Labute approximate surface area is 224 Å². The molecule has 0 radical (unpaired) electrons. The molecule has 0 aromatic heterocycles. The summed E-state index contributed by atoms with van der Waals surface area (Å²) in [5.41, 5.74) is 2.75. The quantitative estimate of drug-likeness (QED) is 0.424. The van der Waals surface area contributed by atoms with Crippen molar-refractivity contribution >= 4 is 40.5 Å². The van der Waals surface area contributed by atoms with Crippen molar-refractivity contribution in [2.45, 2.75) is 76.7 Å². The summed E-state index contributed by atoms with van der Waals surface area (Å²) in [6, 6.07) is 13.8. The van der Waals surface area contributed by atoms with E-state index in [1.165, 1.54) is 0 Å². The number of benzene rings is 2. The molecule has 5 rings (SSSR count). The number of ether oxygens (including phenoxy) is 1. The Morgan fingerprint density at radius 3 is 2.43 bits per heavy atom. The number of amides is 1. The van der Waals surface area contributed by atoms with Gasteiger partial charge in [0.05, 0.1) is 33.3 Å². The number of hydrogen-bond donors (Lipinski definition) is 0. The molecule has 2 aromatic carbocycles. The predicted molar refractivity (Wildman–Crippen MR) is 145 cm³/mol. The summed E-state index contributed by atoms with van der Waals surface area (Å²) >= 11 is 6.39. The van der Waals surface area contributed by atoms with Gasteiger partial charge in [-0.2, -0.15) is 5.26 Å². The molecule has 0 N–H and O–H groups in total. The van der Waals surface area contributed by atoms with Crippen molar-refractivity contribution in [3.63, 3.8) is 0 Å². The topological polar surface area (TPSA) is 73.6 Å². The van der Waals surface area contributed by atoms with E-state index in [2.05, 4.69) is 29.2 Å². The van der Waals surface area contributed by atoms with E-state index < -0.39 is 11.0 Å². The third-order valence-corrected chi connectivity index (χ3v) is 8.32. The maximum absolute atomic E-state index is 14.1. The summed E-state index contributed by atoms with van der Waals surface area (Å²) in [7, 11) is 0. The highest BCUT2D eigenvalue weighted by Crippen LogP contribution is 2.54. The summed E-state index contributed by atoms with van der Waals surface area (Å²) in [4.78, 5) is 30.7. The zero-order valence-corrected chi connectivity index (χ0v) is 22.6. The van der Waals surface area contributed by atoms with Crippen molar-refractivity contribution in [2.75, 3.05) is 22.9 Å². The molecule has 2 heterocycles. The van der Waals surface area contributed by atoms with Gasteiger partial charge < -0.3 is 9.64 Å². The molecule has 1 saturated heterocycles. The number of halogens is 1. The molecule has 6 nitrogen and oxygen atoms in total. The number of carbonyl (C=O) groups is 2. The Hall–Kier alpha value is -3.04. The lowest BCUT2D eigenvalue weighted by atomic mass is 9.70. The fraction of sp³-hybridized carbons (Fsp3) is 0.500. The molecule has 1 amide bonds. The van der Waals surface area contributed by atoms with Gasteiger partial charge in [0.15, 0.2) is 0 Å². The van der Waals surface area contributed by atoms with Crippen LogP contribution >= 0.6 is 11.6 Å². The standard InChI is InChI=1S/C30H34ClN3O3/c1-29(2,3)37-27(35)20-12-16-33(17-13-20)21-10-11-23-26(18-21)34(25-9-7-8-24(31)22(25)19-32)28(36)30(23)14-5-4-6-15-30/h7-11,18,20H,4-6,12-17H2,1-3H3. The monoisotopic (exact) mass is 519 g/mol. The number of carbonyl (C=O) groups excluding carboxylic acids is 2.